The summed E-state index contributed by atoms with van der Waals surface area (Å²) in [5.41, 5.74) is 0.812. The number of hydrogen-bond acceptors (Lipinski definition) is 3. The van der Waals surface area contributed by atoms with Crippen LogP contribution in [-0.2, 0) is 4.79 Å². The van der Waals surface area contributed by atoms with Crippen LogP contribution in [0.15, 0.2) is 24.3 Å². The fraction of sp³-hybridized carbons (Fsp3) is 0.250. The molecule has 0 radical (unpaired) electrons. The largest absolute Gasteiger partial charge is 0.478 e. The molecule has 5 nitrogen and oxygen atoms in total. The molecule has 0 spiro atoms. The molecule has 1 aromatic rings. The van der Waals surface area contributed by atoms with Crippen LogP contribution in [0.25, 0.3) is 0 Å². The van der Waals surface area contributed by atoms with Gasteiger partial charge in [0.2, 0.25) is 5.91 Å². The fourth-order valence-corrected chi connectivity index (χ4v) is 1.33. The molecule has 0 aromatic heterocycles. The van der Waals surface area contributed by atoms with E-state index in [2.05, 4.69) is 10.6 Å². The standard InChI is InChI=1S/C12H14N2O3S/c1-7(2)10(15)14-12(18)13-9-5-3-8(4-6-9)11(16)17/h3-7H,1-2H3,(H,16,17)(H2,13,14,15,18). The van der Waals surface area contributed by atoms with Crippen LogP contribution >= 0.6 is 12.2 Å². The summed E-state index contributed by atoms with van der Waals surface area (Å²) < 4.78 is 0. The highest BCUT2D eigenvalue weighted by Crippen LogP contribution is 2.09. The van der Waals surface area contributed by atoms with E-state index in [0.29, 0.717) is 5.69 Å². The predicted molar refractivity (Wildman–Crippen MR) is 72.6 cm³/mol. The van der Waals surface area contributed by atoms with Crippen LogP contribution in [0, 0.1) is 5.92 Å². The van der Waals surface area contributed by atoms with Gasteiger partial charge in [-0.1, -0.05) is 13.8 Å². The van der Waals surface area contributed by atoms with Gasteiger partial charge in [0.05, 0.1) is 5.56 Å². The Morgan fingerprint density at radius 3 is 2.22 bits per heavy atom. The summed E-state index contributed by atoms with van der Waals surface area (Å²) in [6.07, 6.45) is 0. The van der Waals surface area contributed by atoms with Crippen molar-refractivity contribution in [1.29, 1.82) is 0 Å². The van der Waals surface area contributed by atoms with Crippen molar-refractivity contribution in [3.05, 3.63) is 29.8 Å². The number of nitrogens with one attached hydrogen (secondary N) is 2. The molecule has 18 heavy (non-hydrogen) atoms. The average Bonchev–Trinajstić information content (AvgIpc) is 2.29. The van der Waals surface area contributed by atoms with Gasteiger partial charge in [-0.3, -0.25) is 4.79 Å². The van der Waals surface area contributed by atoms with Gasteiger partial charge in [-0.2, -0.15) is 0 Å². The minimum Gasteiger partial charge on any atom is -0.478 e. The van der Waals surface area contributed by atoms with Gasteiger partial charge in [-0.05, 0) is 36.5 Å². The monoisotopic (exact) mass is 266 g/mol. The zero-order chi connectivity index (χ0) is 13.7. The smallest absolute Gasteiger partial charge is 0.335 e. The Morgan fingerprint density at radius 1 is 1.22 bits per heavy atom. The first-order valence-corrected chi connectivity index (χ1v) is 5.76. The Kier molecular flexibility index (Phi) is 4.79. The van der Waals surface area contributed by atoms with Crippen molar-refractivity contribution in [3.8, 4) is 0 Å². The molecule has 0 saturated carbocycles. The van der Waals surface area contributed by atoms with Gasteiger partial charge in [0.15, 0.2) is 5.11 Å². The molecule has 0 fully saturated rings. The van der Waals surface area contributed by atoms with Crippen molar-refractivity contribution in [2.24, 2.45) is 5.92 Å². The minimum absolute atomic E-state index is 0.154. The third-order valence-electron chi connectivity index (χ3n) is 2.15. The third-order valence-corrected chi connectivity index (χ3v) is 2.35. The Morgan fingerprint density at radius 2 is 1.78 bits per heavy atom. The average molecular weight is 266 g/mol. The van der Waals surface area contributed by atoms with E-state index in [-0.39, 0.29) is 22.5 Å². The lowest BCUT2D eigenvalue weighted by atomic mass is 10.2. The quantitative estimate of drug-likeness (QED) is 0.728. The number of carbonyl (C=O) groups is 2. The topological polar surface area (TPSA) is 78.4 Å². The molecule has 6 heteroatoms. The van der Waals surface area contributed by atoms with Gasteiger partial charge in [0, 0.05) is 11.6 Å². The van der Waals surface area contributed by atoms with E-state index in [0.717, 1.165) is 0 Å². The summed E-state index contributed by atoms with van der Waals surface area (Å²) in [6.45, 7) is 3.53. The molecular weight excluding hydrogens is 252 g/mol. The number of hydrogen-bond donors (Lipinski definition) is 3. The highest BCUT2D eigenvalue weighted by atomic mass is 32.1. The first-order valence-electron chi connectivity index (χ1n) is 5.35. The van der Waals surface area contributed by atoms with E-state index in [4.69, 9.17) is 17.3 Å². The first kappa shape index (κ1) is 14.1. The van der Waals surface area contributed by atoms with Crippen LogP contribution in [-0.4, -0.2) is 22.1 Å². The Hall–Kier alpha value is -1.95. The molecule has 1 aromatic carbocycles. The number of carboxylic acid groups (broad SMARTS) is 1. The molecule has 0 aliphatic rings. The number of carbonyl (C=O) groups excluding carboxylic acids is 1. The number of amides is 1. The molecule has 0 atom stereocenters. The van der Waals surface area contributed by atoms with E-state index in [1.165, 1.54) is 12.1 Å². The van der Waals surface area contributed by atoms with Gasteiger partial charge in [-0.25, -0.2) is 4.79 Å². The second kappa shape index (κ2) is 6.11. The van der Waals surface area contributed by atoms with Crippen LogP contribution in [0.5, 0.6) is 0 Å². The number of rotatable bonds is 3. The molecule has 0 saturated heterocycles. The van der Waals surface area contributed by atoms with Crippen molar-refractivity contribution in [2.75, 3.05) is 5.32 Å². The molecule has 0 bridgehead atoms. The number of aromatic carboxylic acids is 1. The van der Waals surface area contributed by atoms with Crippen molar-refractivity contribution in [1.82, 2.24) is 5.32 Å². The maximum atomic E-state index is 11.4. The van der Waals surface area contributed by atoms with E-state index >= 15 is 0 Å². The second-order valence-electron chi connectivity index (χ2n) is 3.98. The Balaban J connectivity index is 2.60. The molecule has 0 aliphatic heterocycles. The summed E-state index contributed by atoms with van der Waals surface area (Å²) in [7, 11) is 0. The summed E-state index contributed by atoms with van der Waals surface area (Å²) in [5, 5.41) is 14.3. The molecule has 1 amide bonds. The van der Waals surface area contributed by atoms with E-state index in [1.807, 2.05) is 0 Å². The maximum absolute atomic E-state index is 11.4. The zero-order valence-corrected chi connectivity index (χ0v) is 10.9. The van der Waals surface area contributed by atoms with Crippen LogP contribution in [0.1, 0.15) is 24.2 Å². The number of thiocarbonyl (C=S) groups is 1. The Bertz CT molecular complexity index is 469. The van der Waals surface area contributed by atoms with Crippen molar-refractivity contribution < 1.29 is 14.7 Å². The Labute approximate surface area is 110 Å². The van der Waals surface area contributed by atoms with Gasteiger partial charge >= 0.3 is 5.97 Å². The van der Waals surface area contributed by atoms with Crippen LogP contribution in [0.3, 0.4) is 0 Å². The number of anilines is 1. The van der Waals surface area contributed by atoms with E-state index in [1.54, 1.807) is 26.0 Å². The van der Waals surface area contributed by atoms with Gasteiger partial charge in [0.1, 0.15) is 0 Å². The summed E-state index contributed by atoms with van der Waals surface area (Å²) in [6, 6.07) is 6.07. The molecule has 0 unspecified atom stereocenters. The lowest BCUT2D eigenvalue weighted by Crippen LogP contribution is -2.36. The van der Waals surface area contributed by atoms with Crippen LogP contribution < -0.4 is 10.6 Å². The molecule has 0 heterocycles. The van der Waals surface area contributed by atoms with E-state index in [9.17, 15) is 9.59 Å². The number of carboxylic acids is 1. The minimum atomic E-state index is -0.989. The second-order valence-corrected chi connectivity index (χ2v) is 4.39. The first-order chi connectivity index (χ1) is 8.40. The maximum Gasteiger partial charge on any atom is 0.335 e. The van der Waals surface area contributed by atoms with Gasteiger partial charge < -0.3 is 15.7 Å². The molecule has 1 rings (SSSR count). The van der Waals surface area contributed by atoms with Crippen molar-refractivity contribution >= 4 is 34.9 Å². The lowest BCUT2D eigenvalue weighted by molar-refractivity contribution is -0.122. The van der Waals surface area contributed by atoms with Gasteiger partial charge in [0.25, 0.3) is 0 Å². The SMILES string of the molecule is CC(C)C(=O)NC(=S)Nc1ccc(C(=O)O)cc1. The predicted octanol–water partition coefficient (Wildman–Crippen LogP) is 1.85. The van der Waals surface area contributed by atoms with Crippen LogP contribution in [0.4, 0.5) is 5.69 Å². The molecule has 3 N–H and O–H groups in total. The molecular formula is C12H14N2O3S. The van der Waals surface area contributed by atoms with Crippen molar-refractivity contribution in [3.63, 3.8) is 0 Å². The van der Waals surface area contributed by atoms with Crippen LogP contribution in [0.2, 0.25) is 0 Å². The summed E-state index contributed by atoms with van der Waals surface area (Å²) >= 11 is 4.96. The summed E-state index contributed by atoms with van der Waals surface area (Å²) in [5.74, 6) is -1.31. The molecule has 96 valence electrons. The normalized spacial score (nSPS) is 9.94. The zero-order valence-electron chi connectivity index (χ0n) is 10.1. The fourth-order valence-electron chi connectivity index (χ4n) is 1.11. The lowest BCUT2D eigenvalue weighted by Gasteiger charge is -2.11. The highest BCUT2D eigenvalue weighted by molar-refractivity contribution is 7.80. The van der Waals surface area contributed by atoms with Crippen molar-refractivity contribution in [2.45, 2.75) is 13.8 Å². The number of benzene rings is 1. The summed E-state index contributed by atoms with van der Waals surface area (Å²) in [4.78, 5) is 22.0. The third kappa shape index (κ3) is 4.14. The molecule has 0 aliphatic carbocycles. The highest BCUT2D eigenvalue weighted by Gasteiger charge is 2.09. The van der Waals surface area contributed by atoms with Gasteiger partial charge in [-0.15, -0.1) is 0 Å². The van der Waals surface area contributed by atoms with E-state index < -0.39 is 5.97 Å².